The highest BCUT2D eigenvalue weighted by molar-refractivity contribution is 14.0. The first-order chi connectivity index (χ1) is 12.1. The molecule has 3 saturated heterocycles. The summed E-state index contributed by atoms with van der Waals surface area (Å²) in [5.74, 6) is 0.844. The van der Waals surface area contributed by atoms with Crippen LogP contribution in [0, 0.1) is 0 Å². The van der Waals surface area contributed by atoms with E-state index in [0.29, 0.717) is 12.1 Å². The minimum Gasteiger partial charge on any atom is -0.355 e. The number of nitrogens with zero attached hydrogens (tertiary/aromatic N) is 4. The normalized spacial score (nSPS) is 29.0. The third-order valence-electron chi connectivity index (χ3n) is 5.71. The lowest BCUT2D eigenvalue weighted by Crippen LogP contribution is -2.64. The molecule has 7 nitrogen and oxygen atoms in total. The molecule has 26 heavy (non-hydrogen) atoms. The molecule has 4 aliphatic rings. The monoisotopic (exact) mass is 478 g/mol. The highest BCUT2D eigenvalue weighted by atomic mass is 127. The van der Waals surface area contributed by atoms with Crippen molar-refractivity contribution in [3.05, 3.63) is 0 Å². The predicted molar refractivity (Wildman–Crippen MR) is 116 cm³/mol. The second-order valence-electron chi connectivity index (χ2n) is 7.80. The summed E-state index contributed by atoms with van der Waals surface area (Å²) in [5, 5.41) is 7.09. The molecule has 2 N–H and O–H groups in total. The maximum atomic E-state index is 11.9. The fourth-order valence-corrected chi connectivity index (χ4v) is 4.01. The van der Waals surface area contributed by atoms with E-state index in [1.165, 1.54) is 58.3 Å². The molecule has 4 fully saturated rings. The van der Waals surface area contributed by atoms with Crippen molar-refractivity contribution in [1.29, 1.82) is 0 Å². The Morgan fingerprint density at radius 3 is 2.38 bits per heavy atom. The number of hydrogen-bond donors (Lipinski definition) is 2. The van der Waals surface area contributed by atoms with E-state index < -0.39 is 0 Å². The van der Waals surface area contributed by atoms with Crippen molar-refractivity contribution in [2.24, 2.45) is 4.99 Å². The zero-order valence-corrected chi connectivity index (χ0v) is 18.6. The predicted octanol–water partition coefficient (Wildman–Crippen LogP) is 0.560. The summed E-state index contributed by atoms with van der Waals surface area (Å²) in [7, 11) is 3.56. The molecule has 1 saturated carbocycles. The fraction of sp³-hybridized carbons (Fsp3) is 0.889. The van der Waals surface area contributed by atoms with Crippen molar-refractivity contribution in [2.75, 3.05) is 59.9 Å². The van der Waals surface area contributed by atoms with Crippen LogP contribution in [-0.4, -0.2) is 98.6 Å². The third kappa shape index (κ3) is 6.23. The summed E-state index contributed by atoms with van der Waals surface area (Å²) in [6, 6.07) is 1.03. The van der Waals surface area contributed by atoms with E-state index in [-0.39, 0.29) is 36.4 Å². The lowest BCUT2D eigenvalue weighted by atomic mass is 9.96. The number of guanidine groups is 1. The Kier molecular flexibility index (Phi) is 8.89. The molecular formula is C18H35IN6O. The lowest BCUT2D eigenvalue weighted by Gasteiger charge is -2.47. The van der Waals surface area contributed by atoms with E-state index in [1.54, 1.807) is 19.0 Å². The zero-order valence-electron chi connectivity index (χ0n) is 16.2. The Hall–Kier alpha value is -0.610. The maximum absolute atomic E-state index is 11.9. The quantitative estimate of drug-likeness (QED) is 0.344. The summed E-state index contributed by atoms with van der Waals surface area (Å²) >= 11 is 0. The van der Waals surface area contributed by atoms with Gasteiger partial charge in [-0.1, -0.05) is 19.3 Å². The Labute approximate surface area is 175 Å². The Bertz CT molecular complexity index is 472. The average Bonchev–Trinajstić information content (AvgIpc) is 2.65. The molecule has 1 aliphatic carbocycles. The molecule has 4 rings (SSSR count). The van der Waals surface area contributed by atoms with Gasteiger partial charge in [-0.25, -0.2) is 4.99 Å². The SMILES string of the molecule is CN(C)C(=O)CN=C(NCC1CN2CCN1CC2)NC1CCCCC1.I. The van der Waals surface area contributed by atoms with Crippen LogP contribution in [0.5, 0.6) is 0 Å². The van der Waals surface area contributed by atoms with E-state index in [2.05, 4.69) is 25.4 Å². The second kappa shape index (κ2) is 10.7. The highest BCUT2D eigenvalue weighted by Gasteiger charge is 2.31. The molecule has 0 spiro atoms. The molecule has 0 aromatic rings. The highest BCUT2D eigenvalue weighted by Crippen LogP contribution is 2.17. The summed E-state index contributed by atoms with van der Waals surface area (Å²) in [6.45, 7) is 6.99. The number of carbonyl (C=O) groups excluding carboxylic acids is 1. The molecule has 1 atom stereocenters. The molecule has 0 aromatic carbocycles. The average molecular weight is 478 g/mol. The van der Waals surface area contributed by atoms with Gasteiger partial charge in [0.2, 0.25) is 5.91 Å². The number of halogens is 1. The van der Waals surface area contributed by atoms with Gasteiger partial charge in [-0.15, -0.1) is 24.0 Å². The molecular weight excluding hydrogens is 443 g/mol. The van der Waals surface area contributed by atoms with E-state index in [9.17, 15) is 4.79 Å². The summed E-state index contributed by atoms with van der Waals surface area (Å²) in [4.78, 5) is 23.2. The summed E-state index contributed by atoms with van der Waals surface area (Å²) < 4.78 is 0. The van der Waals surface area contributed by atoms with Gasteiger partial charge in [0, 0.05) is 65.4 Å². The summed E-state index contributed by atoms with van der Waals surface area (Å²) in [6.07, 6.45) is 6.31. The van der Waals surface area contributed by atoms with Crippen LogP contribution in [0.3, 0.4) is 0 Å². The smallest absolute Gasteiger partial charge is 0.243 e. The van der Waals surface area contributed by atoms with E-state index in [0.717, 1.165) is 19.0 Å². The first-order valence-electron chi connectivity index (χ1n) is 9.83. The van der Waals surface area contributed by atoms with Crippen LogP contribution in [-0.2, 0) is 4.79 Å². The Balaban J connectivity index is 0.00000243. The van der Waals surface area contributed by atoms with Gasteiger partial charge in [-0.05, 0) is 12.8 Å². The van der Waals surface area contributed by atoms with Gasteiger partial charge in [-0.2, -0.15) is 0 Å². The van der Waals surface area contributed by atoms with Gasteiger partial charge in [-0.3, -0.25) is 14.6 Å². The number of hydrogen-bond acceptors (Lipinski definition) is 4. The molecule has 0 aromatic heterocycles. The van der Waals surface area contributed by atoms with Crippen LogP contribution in [0.2, 0.25) is 0 Å². The molecule has 1 amide bonds. The molecule has 3 heterocycles. The Morgan fingerprint density at radius 1 is 1.12 bits per heavy atom. The van der Waals surface area contributed by atoms with Crippen LogP contribution in [0.1, 0.15) is 32.1 Å². The fourth-order valence-electron chi connectivity index (χ4n) is 4.01. The number of rotatable bonds is 5. The van der Waals surface area contributed by atoms with Gasteiger partial charge < -0.3 is 15.5 Å². The number of amides is 1. The van der Waals surface area contributed by atoms with Crippen LogP contribution in [0.4, 0.5) is 0 Å². The second-order valence-corrected chi connectivity index (χ2v) is 7.80. The van der Waals surface area contributed by atoms with Gasteiger partial charge in [0.25, 0.3) is 0 Å². The Morgan fingerprint density at radius 2 is 1.81 bits per heavy atom. The van der Waals surface area contributed by atoms with Crippen LogP contribution in [0.25, 0.3) is 0 Å². The van der Waals surface area contributed by atoms with Crippen molar-refractivity contribution < 1.29 is 4.79 Å². The van der Waals surface area contributed by atoms with Crippen molar-refractivity contribution in [2.45, 2.75) is 44.2 Å². The van der Waals surface area contributed by atoms with Crippen molar-refractivity contribution in [3.63, 3.8) is 0 Å². The van der Waals surface area contributed by atoms with Crippen molar-refractivity contribution in [1.82, 2.24) is 25.3 Å². The molecule has 8 heteroatoms. The van der Waals surface area contributed by atoms with Gasteiger partial charge in [0.15, 0.2) is 5.96 Å². The number of likely N-dealkylation sites (N-methyl/N-ethyl adjacent to an activating group) is 1. The number of nitrogens with one attached hydrogen (secondary N) is 2. The van der Waals surface area contributed by atoms with Crippen LogP contribution in [0.15, 0.2) is 4.99 Å². The molecule has 1 unspecified atom stereocenters. The minimum absolute atomic E-state index is 0. The number of aliphatic imine (C=N–C) groups is 1. The van der Waals surface area contributed by atoms with E-state index in [1.807, 2.05) is 0 Å². The van der Waals surface area contributed by atoms with Gasteiger partial charge in [0.05, 0.1) is 0 Å². The first-order valence-corrected chi connectivity index (χ1v) is 9.83. The molecule has 150 valence electrons. The topological polar surface area (TPSA) is 63.2 Å². The third-order valence-corrected chi connectivity index (χ3v) is 5.71. The first kappa shape index (κ1) is 21.7. The van der Waals surface area contributed by atoms with Crippen molar-refractivity contribution >= 4 is 35.8 Å². The van der Waals surface area contributed by atoms with E-state index >= 15 is 0 Å². The maximum Gasteiger partial charge on any atom is 0.243 e. The minimum atomic E-state index is 0. The van der Waals surface area contributed by atoms with E-state index in [4.69, 9.17) is 0 Å². The molecule has 3 aliphatic heterocycles. The van der Waals surface area contributed by atoms with Crippen LogP contribution < -0.4 is 10.6 Å². The number of carbonyl (C=O) groups is 1. The zero-order chi connectivity index (χ0) is 17.6. The van der Waals surface area contributed by atoms with Gasteiger partial charge in [0.1, 0.15) is 6.54 Å². The number of fused-ring (bicyclic) bond motifs is 3. The number of piperazine rings is 3. The largest absolute Gasteiger partial charge is 0.355 e. The van der Waals surface area contributed by atoms with Gasteiger partial charge >= 0.3 is 0 Å². The summed E-state index contributed by atoms with van der Waals surface area (Å²) in [5.41, 5.74) is 0. The standard InChI is InChI=1S/C18H34N6O.HI/c1-22(2)17(25)13-20-18(21-15-6-4-3-5-7-15)19-12-16-14-23-8-10-24(16)11-9-23;/h15-16H,3-14H2,1-2H3,(H2,19,20,21);1H. The van der Waals surface area contributed by atoms with Crippen LogP contribution >= 0.6 is 24.0 Å². The van der Waals surface area contributed by atoms with Crippen molar-refractivity contribution in [3.8, 4) is 0 Å². The molecule has 0 radical (unpaired) electrons. The molecule has 2 bridgehead atoms. The lowest BCUT2D eigenvalue weighted by molar-refractivity contribution is -0.127.